The van der Waals surface area contributed by atoms with Crippen molar-refractivity contribution in [2.75, 3.05) is 25.4 Å². The van der Waals surface area contributed by atoms with Crippen LogP contribution in [0.5, 0.6) is 0 Å². The quantitative estimate of drug-likeness (QED) is 0.279. The lowest BCUT2D eigenvalue weighted by atomic mass is 10.1. The molecule has 8 nitrogen and oxygen atoms in total. The van der Waals surface area contributed by atoms with Crippen molar-refractivity contribution in [2.45, 2.75) is 19.0 Å². The predicted octanol–water partition coefficient (Wildman–Crippen LogP) is -0.0837. The van der Waals surface area contributed by atoms with Crippen molar-refractivity contribution in [2.24, 2.45) is 10.7 Å². The standard InChI is InChI=1S/C15H21N5O3S/c16-14(18-6-3-7-24(22)23)10-19-12-4-1-2-5-13(12)20(15(19)21)11-8-17-9-11/h1-2,4-5,11,17H,3,6-10H2,(H2,16,18)(H,22,23). The number of aromatic nitrogens is 2. The lowest BCUT2D eigenvalue weighted by Gasteiger charge is -2.28. The fourth-order valence-electron chi connectivity index (χ4n) is 2.82. The van der Waals surface area contributed by atoms with E-state index in [0.717, 1.165) is 24.1 Å². The molecule has 1 fully saturated rings. The fourth-order valence-corrected chi connectivity index (χ4v) is 3.19. The van der Waals surface area contributed by atoms with Crippen LogP contribution >= 0.6 is 0 Å². The van der Waals surface area contributed by atoms with Gasteiger partial charge in [-0.3, -0.25) is 14.1 Å². The first-order chi connectivity index (χ1) is 11.6. The number of hydrogen-bond donors (Lipinski definition) is 3. The summed E-state index contributed by atoms with van der Waals surface area (Å²) in [6.07, 6.45) is 0.480. The second-order valence-electron chi connectivity index (χ2n) is 5.79. The van der Waals surface area contributed by atoms with Gasteiger partial charge in [0.2, 0.25) is 0 Å². The molecule has 1 aliphatic heterocycles. The summed E-state index contributed by atoms with van der Waals surface area (Å²) in [7, 11) is 0. The summed E-state index contributed by atoms with van der Waals surface area (Å²) in [6, 6.07) is 7.82. The van der Waals surface area contributed by atoms with E-state index in [0.29, 0.717) is 18.8 Å². The summed E-state index contributed by atoms with van der Waals surface area (Å²) in [5.74, 6) is 0.514. The minimum Gasteiger partial charge on any atom is -0.386 e. The first-order valence-electron chi connectivity index (χ1n) is 7.84. The summed E-state index contributed by atoms with van der Waals surface area (Å²) < 4.78 is 22.8. The molecule has 0 amide bonds. The summed E-state index contributed by atoms with van der Waals surface area (Å²) in [5.41, 5.74) is 7.60. The molecule has 0 saturated carbocycles. The normalized spacial score (nSPS) is 17.1. The van der Waals surface area contributed by atoms with Crippen LogP contribution in [0, 0.1) is 0 Å². The Bertz CT molecular complexity index is 837. The zero-order chi connectivity index (χ0) is 17.1. The van der Waals surface area contributed by atoms with E-state index in [1.54, 1.807) is 4.57 Å². The Hall–Kier alpha value is -1.97. The minimum atomic E-state index is -1.81. The number of imidazole rings is 1. The highest BCUT2D eigenvalue weighted by Gasteiger charge is 2.24. The smallest absolute Gasteiger partial charge is 0.329 e. The number of nitrogens with zero attached hydrogens (tertiary/aromatic N) is 3. The third-order valence-corrected chi connectivity index (χ3v) is 4.74. The van der Waals surface area contributed by atoms with Crippen LogP contribution in [0.4, 0.5) is 0 Å². The van der Waals surface area contributed by atoms with Crippen molar-refractivity contribution >= 4 is 27.9 Å². The monoisotopic (exact) mass is 351 g/mol. The SMILES string of the molecule is NC(Cn1c(=O)n(C2CNC2)c2ccccc21)=NCCCS(=O)O. The van der Waals surface area contributed by atoms with Gasteiger partial charge in [0.15, 0.2) is 11.1 Å². The molecular formula is C15H21N5O3S. The van der Waals surface area contributed by atoms with E-state index in [9.17, 15) is 9.00 Å². The van der Waals surface area contributed by atoms with Crippen molar-refractivity contribution < 1.29 is 8.76 Å². The van der Waals surface area contributed by atoms with Gasteiger partial charge in [-0.15, -0.1) is 0 Å². The van der Waals surface area contributed by atoms with Crippen LogP contribution in [-0.4, -0.2) is 49.1 Å². The van der Waals surface area contributed by atoms with Crippen LogP contribution < -0.4 is 16.7 Å². The molecule has 1 atom stereocenters. The van der Waals surface area contributed by atoms with Crippen LogP contribution in [0.2, 0.25) is 0 Å². The fraction of sp³-hybridized carbons (Fsp3) is 0.467. The number of para-hydroxylation sites is 2. The van der Waals surface area contributed by atoms with Crippen molar-refractivity contribution in [1.29, 1.82) is 0 Å². The molecule has 0 aliphatic carbocycles. The van der Waals surface area contributed by atoms with Crippen LogP contribution in [0.15, 0.2) is 34.1 Å². The summed E-state index contributed by atoms with van der Waals surface area (Å²) in [4.78, 5) is 17.0. The molecule has 1 aromatic carbocycles. The van der Waals surface area contributed by atoms with Gasteiger partial charge in [0, 0.05) is 19.6 Å². The highest BCUT2D eigenvalue weighted by molar-refractivity contribution is 7.79. The van der Waals surface area contributed by atoms with Crippen LogP contribution in [0.1, 0.15) is 12.5 Å². The molecule has 0 spiro atoms. The van der Waals surface area contributed by atoms with E-state index in [2.05, 4.69) is 10.3 Å². The topological polar surface area (TPSA) is 115 Å². The first kappa shape index (κ1) is 16.9. The number of rotatable bonds is 7. The third-order valence-electron chi connectivity index (χ3n) is 4.11. The van der Waals surface area contributed by atoms with E-state index in [-0.39, 0.29) is 24.0 Å². The van der Waals surface area contributed by atoms with Crippen LogP contribution in [0.3, 0.4) is 0 Å². The molecule has 4 N–H and O–H groups in total. The first-order valence-corrected chi connectivity index (χ1v) is 9.12. The van der Waals surface area contributed by atoms with Gasteiger partial charge in [-0.25, -0.2) is 9.00 Å². The van der Waals surface area contributed by atoms with Gasteiger partial charge in [0.1, 0.15) is 5.84 Å². The molecule has 24 heavy (non-hydrogen) atoms. The van der Waals surface area contributed by atoms with Crippen LogP contribution in [-0.2, 0) is 17.6 Å². The molecule has 1 aromatic heterocycles. The van der Waals surface area contributed by atoms with Gasteiger partial charge in [0.25, 0.3) is 0 Å². The largest absolute Gasteiger partial charge is 0.386 e. The van der Waals surface area contributed by atoms with Gasteiger partial charge in [-0.2, -0.15) is 0 Å². The lowest BCUT2D eigenvalue weighted by Crippen LogP contribution is -2.47. The highest BCUT2D eigenvalue weighted by Crippen LogP contribution is 2.19. The summed E-state index contributed by atoms with van der Waals surface area (Å²) in [6.45, 7) is 2.17. The average molecular weight is 351 g/mol. The molecule has 1 aliphatic rings. The molecule has 1 unspecified atom stereocenters. The molecule has 2 aromatic rings. The Morgan fingerprint density at radius 2 is 2.08 bits per heavy atom. The average Bonchev–Trinajstić information content (AvgIpc) is 2.76. The van der Waals surface area contributed by atoms with Gasteiger partial charge in [-0.1, -0.05) is 12.1 Å². The maximum Gasteiger partial charge on any atom is 0.329 e. The number of nitrogens with one attached hydrogen (secondary N) is 1. The number of aliphatic imine (C=N–C) groups is 1. The Morgan fingerprint density at radius 1 is 1.38 bits per heavy atom. The predicted molar refractivity (Wildman–Crippen MR) is 94.8 cm³/mol. The third kappa shape index (κ3) is 3.42. The van der Waals surface area contributed by atoms with E-state index in [1.165, 1.54) is 0 Å². The van der Waals surface area contributed by atoms with Crippen molar-refractivity contribution in [3.8, 4) is 0 Å². The molecule has 3 rings (SSSR count). The molecular weight excluding hydrogens is 330 g/mol. The number of amidine groups is 1. The van der Waals surface area contributed by atoms with Gasteiger partial charge in [0.05, 0.1) is 29.4 Å². The zero-order valence-electron chi connectivity index (χ0n) is 13.2. The van der Waals surface area contributed by atoms with E-state index < -0.39 is 11.1 Å². The Labute approximate surface area is 141 Å². The number of hydrogen-bond acceptors (Lipinski definition) is 4. The van der Waals surface area contributed by atoms with E-state index in [1.807, 2.05) is 28.8 Å². The van der Waals surface area contributed by atoms with E-state index >= 15 is 0 Å². The van der Waals surface area contributed by atoms with E-state index in [4.69, 9.17) is 10.3 Å². The second kappa shape index (κ2) is 7.29. The van der Waals surface area contributed by atoms with Crippen molar-refractivity contribution in [1.82, 2.24) is 14.5 Å². The molecule has 9 heteroatoms. The number of fused-ring (bicyclic) bond motifs is 1. The van der Waals surface area contributed by atoms with Gasteiger partial charge in [-0.05, 0) is 18.6 Å². The lowest BCUT2D eigenvalue weighted by molar-refractivity contribution is 0.341. The number of nitrogens with two attached hydrogens (primary N) is 1. The Kier molecular flexibility index (Phi) is 5.12. The maximum atomic E-state index is 12.8. The summed E-state index contributed by atoms with van der Waals surface area (Å²) in [5, 5.41) is 3.18. The zero-order valence-corrected chi connectivity index (χ0v) is 14.0. The molecule has 1 saturated heterocycles. The summed E-state index contributed by atoms with van der Waals surface area (Å²) >= 11 is -1.81. The Balaban J connectivity index is 1.84. The number of benzene rings is 1. The molecule has 0 bridgehead atoms. The maximum absolute atomic E-state index is 12.8. The van der Waals surface area contributed by atoms with Gasteiger partial charge >= 0.3 is 5.69 Å². The second-order valence-corrected chi connectivity index (χ2v) is 6.84. The molecule has 0 radical (unpaired) electrons. The molecule has 130 valence electrons. The van der Waals surface area contributed by atoms with Crippen molar-refractivity contribution in [3.63, 3.8) is 0 Å². The molecule has 2 heterocycles. The van der Waals surface area contributed by atoms with Crippen molar-refractivity contribution in [3.05, 3.63) is 34.7 Å². The minimum absolute atomic E-state index is 0.0858. The van der Waals surface area contributed by atoms with Gasteiger partial charge < -0.3 is 15.6 Å². The Morgan fingerprint density at radius 3 is 2.71 bits per heavy atom. The highest BCUT2D eigenvalue weighted by atomic mass is 32.2. The van der Waals surface area contributed by atoms with Crippen LogP contribution in [0.25, 0.3) is 11.0 Å².